The quantitative estimate of drug-likeness (QED) is 0.306. The van der Waals surface area contributed by atoms with Crippen LogP contribution < -0.4 is 10.9 Å². The van der Waals surface area contributed by atoms with E-state index in [1.54, 1.807) is 35.2 Å². The molecule has 1 aliphatic rings. The molecular weight excluding hydrogens is 613 g/mol. The summed E-state index contributed by atoms with van der Waals surface area (Å²) in [4.78, 5) is 42.9. The first kappa shape index (κ1) is 33.2. The molecule has 2 amide bonds. The highest BCUT2D eigenvalue weighted by Crippen LogP contribution is 2.32. The van der Waals surface area contributed by atoms with Crippen molar-refractivity contribution in [3.63, 3.8) is 0 Å². The molecule has 0 atom stereocenters. The van der Waals surface area contributed by atoms with Crippen LogP contribution in [-0.2, 0) is 18.0 Å². The number of nitrogens with zero attached hydrogens (tertiary/aromatic N) is 7. The number of carbonyl (C=O) groups excluding carboxylic acids is 2. The number of hydrogen-bond acceptors (Lipinski definition) is 5. The maximum absolute atomic E-state index is 14.1. The van der Waals surface area contributed by atoms with Crippen molar-refractivity contribution in [2.24, 2.45) is 7.05 Å². The summed E-state index contributed by atoms with van der Waals surface area (Å²) in [5, 5.41) is 16.6. The fraction of sp³-hybridized carbons (Fsp3) is 0.364. The van der Waals surface area contributed by atoms with Gasteiger partial charge in [0.05, 0.1) is 61.6 Å². The number of likely N-dealkylation sites (tertiary alicyclic amines) is 1. The molecule has 0 saturated carbocycles. The summed E-state index contributed by atoms with van der Waals surface area (Å²) in [6.45, 7) is 3.01. The van der Waals surface area contributed by atoms with Crippen molar-refractivity contribution in [1.29, 1.82) is 5.26 Å². The fourth-order valence-corrected chi connectivity index (χ4v) is 5.79. The highest BCUT2D eigenvalue weighted by molar-refractivity contribution is 6.00. The van der Waals surface area contributed by atoms with E-state index in [1.165, 1.54) is 34.7 Å². The third-order valence-corrected chi connectivity index (χ3v) is 8.28. The van der Waals surface area contributed by atoms with Crippen molar-refractivity contribution < 1.29 is 27.2 Å². The van der Waals surface area contributed by atoms with E-state index in [9.17, 15) is 32.8 Å². The van der Waals surface area contributed by atoms with Gasteiger partial charge in [0.25, 0.3) is 17.4 Å². The van der Waals surface area contributed by atoms with Crippen LogP contribution in [-0.4, -0.2) is 86.7 Å². The van der Waals surface area contributed by atoms with Gasteiger partial charge >= 0.3 is 6.18 Å². The number of likely N-dealkylation sites (N-methyl/N-ethyl adjacent to an activating group) is 1. The van der Waals surface area contributed by atoms with Gasteiger partial charge in [-0.1, -0.05) is 6.07 Å². The predicted octanol–water partition coefficient (Wildman–Crippen LogP) is 3.74. The number of piperidine rings is 1. The molecule has 2 aromatic heterocycles. The third kappa shape index (κ3) is 6.85. The van der Waals surface area contributed by atoms with Crippen LogP contribution in [0.5, 0.6) is 0 Å². The fourth-order valence-electron chi connectivity index (χ4n) is 5.79. The highest BCUT2D eigenvalue weighted by atomic mass is 19.4. The topological polar surface area (TPSA) is 118 Å². The zero-order valence-corrected chi connectivity index (χ0v) is 26.8. The number of nitrogens with one attached hydrogen (secondary N) is 1. The Hall–Kier alpha value is -5.16. The molecule has 2 aromatic carbocycles. The maximum Gasteiger partial charge on any atom is 0.416 e. The molecule has 246 valence electrons. The number of carbonyl (C=O) groups is 2. The Morgan fingerprint density at radius 3 is 2.30 bits per heavy atom. The first-order valence-corrected chi connectivity index (χ1v) is 15.0. The van der Waals surface area contributed by atoms with E-state index in [-0.39, 0.29) is 22.9 Å². The molecule has 1 aliphatic heterocycles. The second kappa shape index (κ2) is 12.2. The summed E-state index contributed by atoms with van der Waals surface area (Å²) in [5.74, 6) is -0.691. The molecule has 0 unspecified atom stereocenters. The highest BCUT2D eigenvalue weighted by Gasteiger charge is 2.37. The number of quaternary nitrogens is 1. The lowest BCUT2D eigenvalue weighted by molar-refractivity contribution is -0.862. The Kier molecular flexibility index (Phi) is 8.63. The number of hydrogen-bond donors (Lipinski definition) is 1. The number of nitriles is 1. The predicted molar refractivity (Wildman–Crippen MR) is 168 cm³/mol. The standard InChI is InChI=1S/C33H35F3N8O3/c1-32(14-17-41(18-15-32)27(45)21-44(3,4)5)39-30(46)28-29(26-13-16-38-42(26)24-11-9-22(20-37)10-12-24)40(2)43(31(28)47)25-8-6-7-23(19-25)33(34,35)36/h6-13,16,19H,14-15,17-18,21H2,1-5H3/p+1. The second-order valence-corrected chi connectivity index (χ2v) is 13.0. The average Bonchev–Trinajstić information content (AvgIpc) is 3.57. The molecule has 1 saturated heterocycles. The lowest BCUT2D eigenvalue weighted by Gasteiger charge is -2.40. The van der Waals surface area contributed by atoms with E-state index in [0.717, 1.165) is 16.8 Å². The van der Waals surface area contributed by atoms with Crippen LogP contribution in [0.1, 0.15) is 41.3 Å². The third-order valence-electron chi connectivity index (χ3n) is 8.28. The van der Waals surface area contributed by atoms with Gasteiger partial charge in [-0.2, -0.15) is 23.5 Å². The van der Waals surface area contributed by atoms with Crippen LogP contribution in [0, 0.1) is 11.3 Å². The summed E-state index contributed by atoms with van der Waals surface area (Å²) in [5.41, 5.74) is -1.46. The van der Waals surface area contributed by atoms with Crippen molar-refractivity contribution in [2.45, 2.75) is 31.5 Å². The SMILES string of the molecule is Cn1c(-c2ccnn2-c2ccc(C#N)cc2)c(C(=O)NC2(C)CCN(C(=O)C[N+](C)(C)C)CC2)c(=O)n1-c1cccc(C(F)(F)F)c1. The zero-order valence-electron chi connectivity index (χ0n) is 26.8. The summed E-state index contributed by atoms with van der Waals surface area (Å²) in [6.07, 6.45) is -2.30. The molecule has 11 nitrogen and oxygen atoms in total. The van der Waals surface area contributed by atoms with Gasteiger partial charge in [0.2, 0.25) is 0 Å². The minimum atomic E-state index is -4.65. The lowest BCUT2D eigenvalue weighted by atomic mass is 9.89. The van der Waals surface area contributed by atoms with Crippen LogP contribution in [0.4, 0.5) is 13.2 Å². The number of halogens is 3. The van der Waals surface area contributed by atoms with Crippen molar-refractivity contribution in [1.82, 2.24) is 29.4 Å². The van der Waals surface area contributed by atoms with Crippen molar-refractivity contribution >= 4 is 11.8 Å². The normalized spacial score (nSPS) is 14.9. The maximum atomic E-state index is 14.1. The Morgan fingerprint density at radius 2 is 1.70 bits per heavy atom. The van der Waals surface area contributed by atoms with Crippen LogP contribution >= 0.6 is 0 Å². The van der Waals surface area contributed by atoms with E-state index >= 15 is 0 Å². The largest absolute Gasteiger partial charge is 0.416 e. The second-order valence-electron chi connectivity index (χ2n) is 13.0. The van der Waals surface area contributed by atoms with Gasteiger partial charge in [-0.3, -0.25) is 19.1 Å². The van der Waals surface area contributed by atoms with Crippen LogP contribution in [0.3, 0.4) is 0 Å². The molecule has 0 aliphatic carbocycles. The summed E-state index contributed by atoms with van der Waals surface area (Å²) in [6, 6.07) is 14.5. The summed E-state index contributed by atoms with van der Waals surface area (Å²) < 4.78 is 45.3. The molecule has 4 aromatic rings. The number of benzene rings is 2. The van der Waals surface area contributed by atoms with E-state index in [0.29, 0.717) is 53.9 Å². The molecule has 14 heteroatoms. The molecule has 1 N–H and O–H groups in total. The lowest BCUT2D eigenvalue weighted by Crippen LogP contribution is -2.56. The summed E-state index contributed by atoms with van der Waals surface area (Å²) in [7, 11) is 7.29. The van der Waals surface area contributed by atoms with Crippen molar-refractivity contribution in [3.05, 3.63) is 87.8 Å². The smallest absolute Gasteiger partial charge is 0.347 e. The van der Waals surface area contributed by atoms with Crippen LogP contribution in [0.25, 0.3) is 22.8 Å². The Morgan fingerprint density at radius 1 is 1.04 bits per heavy atom. The molecule has 0 spiro atoms. The number of rotatable bonds is 7. The first-order valence-electron chi connectivity index (χ1n) is 15.0. The van der Waals surface area contributed by atoms with Crippen molar-refractivity contribution in [3.8, 4) is 28.8 Å². The Labute approximate surface area is 269 Å². The average molecular weight is 650 g/mol. The van der Waals surface area contributed by atoms with Gasteiger partial charge in [-0.05, 0) is 68.3 Å². The van der Waals surface area contributed by atoms with Crippen molar-refractivity contribution in [2.75, 3.05) is 40.8 Å². The van der Waals surface area contributed by atoms with Gasteiger partial charge in [0, 0.05) is 25.7 Å². The molecule has 1 fully saturated rings. The minimum absolute atomic E-state index is 0.0104. The summed E-state index contributed by atoms with van der Waals surface area (Å²) >= 11 is 0. The van der Waals surface area contributed by atoms with E-state index < -0.39 is 28.7 Å². The number of alkyl halides is 3. The zero-order chi connectivity index (χ0) is 34.3. The van der Waals surface area contributed by atoms with E-state index in [4.69, 9.17) is 0 Å². The molecule has 0 bridgehead atoms. The monoisotopic (exact) mass is 649 g/mol. The molecule has 47 heavy (non-hydrogen) atoms. The minimum Gasteiger partial charge on any atom is -0.347 e. The van der Waals surface area contributed by atoms with Gasteiger partial charge < -0.3 is 14.7 Å². The molecule has 0 radical (unpaired) electrons. The molecule has 5 rings (SSSR count). The molecular formula is C33H36F3N8O3+. The molecule has 3 heterocycles. The Bertz CT molecular complexity index is 1920. The van der Waals surface area contributed by atoms with E-state index in [1.807, 2.05) is 34.1 Å². The number of amides is 2. The Balaban J connectivity index is 1.57. The van der Waals surface area contributed by atoms with Crippen LogP contribution in [0.2, 0.25) is 0 Å². The van der Waals surface area contributed by atoms with Gasteiger partial charge in [-0.25, -0.2) is 9.36 Å². The van der Waals surface area contributed by atoms with Gasteiger partial charge in [-0.15, -0.1) is 0 Å². The van der Waals surface area contributed by atoms with Gasteiger partial charge in [0.15, 0.2) is 6.54 Å². The van der Waals surface area contributed by atoms with Gasteiger partial charge in [0.1, 0.15) is 11.3 Å². The first-order chi connectivity index (χ1) is 22.0. The van der Waals surface area contributed by atoms with Crippen LogP contribution in [0.15, 0.2) is 65.6 Å². The van der Waals surface area contributed by atoms with E-state index in [2.05, 4.69) is 10.4 Å². The number of aromatic nitrogens is 4.